The number of benzene rings is 1. The topological polar surface area (TPSA) is 54.3 Å². The first-order valence-corrected chi connectivity index (χ1v) is 7.21. The number of hydrogen-bond acceptors (Lipinski definition) is 3. The summed E-state index contributed by atoms with van der Waals surface area (Å²) in [6.07, 6.45) is 2.80. The van der Waals surface area contributed by atoms with Crippen molar-refractivity contribution in [3.63, 3.8) is 0 Å². The highest BCUT2D eigenvalue weighted by Gasteiger charge is 2.16. The zero-order valence-electron chi connectivity index (χ0n) is 11.7. The number of amides is 1. The van der Waals surface area contributed by atoms with Crippen molar-refractivity contribution in [2.75, 3.05) is 18.4 Å². The molecule has 4 nitrogen and oxygen atoms in total. The number of nitrogens with one attached hydrogen (secondary N) is 2. The minimum absolute atomic E-state index is 0.108. The maximum atomic E-state index is 12.1. The lowest BCUT2D eigenvalue weighted by atomic mass is 9.94. The molecule has 1 fully saturated rings. The number of anilines is 1. The highest BCUT2D eigenvalue weighted by molar-refractivity contribution is 5.93. The number of aryl methyl sites for hydroxylation is 1. The van der Waals surface area contributed by atoms with E-state index in [0.29, 0.717) is 12.3 Å². The van der Waals surface area contributed by atoms with Gasteiger partial charge in [-0.3, -0.25) is 4.79 Å². The summed E-state index contributed by atoms with van der Waals surface area (Å²) in [4.78, 5) is 12.1. The van der Waals surface area contributed by atoms with E-state index in [0.717, 1.165) is 48.3 Å². The first-order chi connectivity index (χ1) is 9.70. The van der Waals surface area contributed by atoms with Crippen molar-refractivity contribution in [2.45, 2.75) is 26.2 Å². The Labute approximate surface area is 118 Å². The van der Waals surface area contributed by atoms with Gasteiger partial charge in [0.1, 0.15) is 11.3 Å². The van der Waals surface area contributed by atoms with Crippen molar-refractivity contribution in [1.82, 2.24) is 5.32 Å². The number of carbonyl (C=O) groups excluding carboxylic acids is 1. The molecule has 1 aromatic carbocycles. The highest BCUT2D eigenvalue weighted by Crippen LogP contribution is 2.23. The molecule has 2 aromatic rings. The van der Waals surface area contributed by atoms with E-state index >= 15 is 0 Å². The molecule has 1 saturated heterocycles. The van der Waals surface area contributed by atoms with E-state index in [-0.39, 0.29) is 5.91 Å². The average molecular weight is 272 g/mol. The van der Waals surface area contributed by atoms with Crippen molar-refractivity contribution >= 4 is 22.6 Å². The van der Waals surface area contributed by atoms with Crippen LogP contribution in [0.5, 0.6) is 0 Å². The predicted molar refractivity (Wildman–Crippen MR) is 79.8 cm³/mol. The molecule has 3 rings (SSSR count). The minimum atomic E-state index is 0.108. The smallest absolute Gasteiger partial charge is 0.224 e. The van der Waals surface area contributed by atoms with Gasteiger partial charge in [-0.15, -0.1) is 0 Å². The van der Waals surface area contributed by atoms with Crippen LogP contribution >= 0.6 is 0 Å². The fourth-order valence-corrected chi connectivity index (χ4v) is 2.81. The van der Waals surface area contributed by atoms with Crippen LogP contribution in [0.3, 0.4) is 0 Å². The van der Waals surface area contributed by atoms with Crippen LogP contribution < -0.4 is 10.6 Å². The molecular weight excluding hydrogens is 252 g/mol. The van der Waals surface area contributed by atoms with Gasteiger partial charge in [-0.25, -0.2) is 0 Å². The number of furan rings is 1. The Kier molecular flexibility index (Phi) is 3.74. The van der Waals surface area contributed by atoms with Gasteiger partial charge in [-0.05, 0) is 63.0 Å². The first kappa shape index (κ1) is 13.2. The molecule has 0 spiro atoms. The highest BCUT2D eigenvalue weighted by atomic mass is 16.3. The van der Waals surface area contributed by atoms with Crippen LogP contribution in [-0.2, 0) is 4.79 Å². The lowest BCUT2D eigenvalue weighted by Crippen LogP contribution is -2.30. The van der Waals surface area contributed by atoms with Gasteiger partial charge in [0.15, 0.2) is 0 Å². The lowest BCUT2D eigenvalue weighted by Gasteiger charge is -2.21. The Balaban J connectivity index is 1.64. The molecule has 20 heavy (non-hydrogen) atoms. The van der Waals surface area contributed by atoms with Gasteiger partial charge in [-0.2, -0.15) is 0 Å². The molecule has 1 aromatic heterocycles. The SMILES string of the molecule is Cc1cc2cc(NC(=O)CC3CCNCC3)ccc2o1. The van der Waals surface area contributed by atoms with Gasteiger partial charge >= 0.3 is 0 Å². The maximum Gasteiger partial charge on any atom is 0.224 e. The van der Waals surface area contributed by atoms with Crippen molar-refractivity contribution in [3.8, 4) is 0 Å². The summed E-state index contributed by atoms with van der Waals surface area (Å²) < 4.78 is 5.53. The second-order valence-electron chi connectivity index (χ2n) is 5.56. The zero-order chi connectivity index (χ0) is 13.9. The van der Waals surface area contributed by atoms with Crippen molar-refractivity contribution in [3.05, 3.63) is 30.0 Å². The average Bonchev–Trinajstić information content (AvgIpc) is 2.79. The van der Waals surface area contributed by atoms with Crippen molar-refractivity contribution in [1.29, 1.82) is 0 Å². The third-order valence-corrected chi connectivity index (χ3v) is 3.86. The number of carbonyl (C=O) groups is 1. The molecular formula is C16H20N2O2. The molecule has 106 valence electrons. The van der Waals surface area contributed by atoms with E-state index in [1.165, 1.54) is 0 Å². The normalized spacial score (nSPS) is 16.4. The molecule has 0 bridgehead atoms. The predicted octanol–water partition coefficient (Wildman–Crippen LogP) is 3.07. The maximum absolute atomic E-state index is 12.1. The summed E-state index contributed by atoms with van der Waals surface area (Å²) in [5, 5.41) is 7.34. The Morgan fingerprint density at radius 3 is 2.95 bits per heavy atom. The number of fused-ring (bicyclic) bond motifs is 1. The van der Waals surface area contributed by atoms with Gasteiger partial charge in [0.2, 0.25) is 5.91 Å². The summed E-state index contributed by atoms with van der Waals surface area (Å²) >= 11 is 0. The van der Waals surface area contributed by atoms with E-state index in [9.17, 15) is 4.79 Å². The molecule has 2 heterocycles. The summed E-state index contributed by atoms with van der Waals surface area (Å²) in [5.74, 6) is 1.51. The van der Waals surface area contributed by atoms with E-state index in [1.54, 1.807) is 0 Å². The minimum Gasteiger partial charge on any atom is -0.461 e. The molecule has 0 saturated carbocycles. The fourth-order valence-electron chi connectivity index (χ4n) is 2.81. The van der Waals surface area contributed by atoms with Gasteiger partial charge in [-0.1, -0.05) is 0 Å². The molecule has 4 heteroatoms. The Hall–Kier alpha value is -1.81. The van der Waals surface area contributed by atoms with Crippen LogP contribution in [0.25, 0.3) is 11.0 Å². The first-order valence-electron chi connectivity index (χ1n) is 7.21. The molecule has 2 N–H and O–H groups in total. The zero-order valence-corrected chi connectivity index (χ0v) is 11.7. The molecule has 0 unspecified atom stereocenters. The van der Waals surface area contributed by atoms with Crippen molar-refractivity contribution in [2.24, 2.45) is 5.92 Å². The van der Waals surface area contributed by atoms with Crippen LogP contribution in [0, 0.1) is 12.8 Å². The summed E-state index contributed by atoms with van der Waals surface area (Å²) in [6.45, 7) is 3.98. The largest absolute Gasteiger partial charge is 0.461 e. The fraction of sp³-hybridized carbons (Fsp3) is 0.438. The van der Waals surface area contributed by atoms with E-state index < -0.39 is 0 Å². The molecule has 0 radical (unpaired) electrons. The van der Waals surface area contributed by atoms with E-state index in [4.69, 9.17) is 4.42 Å². The van der Waals surface area contributed by atoms with Crippen LogP contribution in [0.1, 0.15) is 25.0 Å². The summed E-state index contributed by atoms with van der Waals surface area (Å²) in [5.41, 5.74) is 1.70. The Bertz CT molecular complexity index is 612. The number of rotatable bonds is 3. The Morgan fingerprint density at radius 1 is 1.35 bits per heavy atom. The van der Waals surface area contributed by atoms with Crippen LogP contribution in [-0.4, -0.2) is 19.0 Å². The van der Waals surface area contributed by atoms with Gasteiger partial charge < -0.3 is 15.1 Å². The lowest BCUT2D eigenvalue weighted by molar-refractivity contribution is -0.117. The van der Waals surface area contributed by atoms with Crippen LogP contribution in [0.15, 0.2) is 28.7 Å². The molecule has 1 amide bonds. The summed E-state index contributed by atoms with van der Waals surface area (Å²) in [7, 11) is 0. The van der Waals surface area contributed by atoms with E-state index in [2.05, 4.69) is 10.6 Å². The molecule has 0 atom stereocenters. The Morgan fingerprint density at radius 2 is 2.15 bits per heavy atom. The number of piperidine rings is 1. The third kappa shape index (κ3) is 3.02. The molecule has 1 aliphatic heterocycles. The summed E-state index contributed by atoms with van der Waals surface area (Å²) in [6, 6.07) is 7.75. The molecule has 1 aliphatic rings. The third-order valence-electron chi connectivity index (χ3n) is 3.86. The second-order valence-corrected chi connectivity index (χ2v) is 5.56. The monoisotopic (exact) mass is 272 g/mol. The van der Waals surface area contributed by atoms with E-state index in [1.807, 2.05) is 31.2 Å². The van der Waals surface area contributed by atoms with Gasteiger partial charge in [0, 0.05) is 17.5 Å². The quantitative estimate of drug-likeness (QED) is 0.903. The standard InChI is InChI=1S/C16H20N2O2/c1-11-8-13-10-14(2-3-15(13)20-11)18-16(19)9-12-4-6-17-7-5-12/h2-3,8,10,12,17H,4-7,9H2,1H3,(H,18,19). The van der Waals surface area contributed by atoms with Crippen molar-refractivity contribution < 1.29 is 9.21 Å². The molecule has 0 aliphatic carbocycles. The van der Waals surface area contributed by atoms with Crippen LogP contribution in [0.4, 0.5) is 5.69 Å². The van der Waals surface area contributed by atoms with Crippen LogP contribution in [0.2, 0.25) is 0 Å². The second kappa shape index (κ2) is 5.67. The van der Waals surface area contributed by atoms with Gasteiger partial charge in [0.05, 0.1) is 0 Å². The number of hydrogen-bond donors (Lipinski definition) is 2. The van der Waals surface area contributed by atoms with Gasteiger partial charge in [0.25, 0.3) is 0 Å².